The molecule has 2 amide bonds. The summed E-state index contributed by atoms with van der Waals surface area (Å²) in [6.45, 7) is 4.06. The lowest BCUT2D eigenvalue weighted by Crippen LogP contribution is -2.59. The van der Waals surface area contributed by atoms with E-state index in [1.165, 1.54) is 26.4 Å². The Morgan fingerprint density at radius 2 is 1.77 bits per heavy atom. The molecule has 10 heteroatoms. The van der Waals surface area contributed by atoms with Crippen LogP contribution in [0.1, 0.15) is 64.4 Å². The quantitative estimate of drug-likeness (QED) is 0.204. The molecule has 9 nitrogen and oxygen atoms in total. The summed E-state index contributed by atoms with van der Waals surface area (Å²) in [6, 6.07) is 2.77. The van der Waals surface area contributed by atoms with Gasteiger partial charge in [0.1, 0.15) is 12.2 Å². The Kier molecular flexibility index (Phi) is 10.1. The zero-order chi connectivity index (χ0) is 30.9. The molecule has 4 saturated carbocycles. The smallest absolute Gasteiger partial charge is 0.247 e. The van der Waals surface area contributed by atoms with E-state index in [1.807, 2.05) is 18.7 Å². The Hall–Kier alpha value is -2.15. The van der Waals surface area contributed by atoms with Crippen LogP contribution in [0.4, 0.5) is 0 Å². The third-order valence-corrected chi connectivity index (χ3v) is 10.5. The highest BCUT2D eigenvalue weighted by atomic mass is 127. The zero-order valence-corrected chi connectivity index (χ0v) is 27.5. The molecule has 0 radical (unpaired) electrons. The van der Waals surface area contributed by atoms with Gasteiger partial charge in [0, 0.05) is 31.2 Å². The van der Waals surface area contributed by atoms with Crippen LogP contribution >= 0.6 is 22.6 Å². The highest BCUT2D eigenvalue weighted by Gasteiger charge is 2.53. The Labute approximate surface area is 267 Å². The number of amides is 2. The second-order valence-electron chi connectivity index (χ2n) is 13.4. The molecular weight excluding hydrogens is 663 g/mol. The maximum Gasteiger partial charge on any atom is 0.247 e. The molecule has 0 heterocycles. The normalized spacial score (nSPS) is 30.8. The number of nitrogens with one attached hydrogen (secondary N) is 1. The number of hydrogen-bond donors (Lipinski definition) is 4. The number of methoxy groups -OCH3 is 1. The largest absolute Gasteiger partial charge is 0.493 e. The Morgan fingerprint density at radius 1 is 1.12 bits per heavy atom. The van der Waals surface area contributed by atoms with Gasteiger partial charge >= 0.3 is 0 Å². The second-order valence-corrected chi connectivity index (χ2v) is 14.6. The van der Waals surface area contributed by atoms with Crippen molar-refractivity contribution in [3.63, 3.8) is 0 Å². The molecule has 0 saturated heterocycles. The monoisotopic (exact) mass is 708 g/mol. The Morgan fingerprint density at radius 3 is 2.33 bits per heavy atom. The predicted octanol–water partition coefficient (Wildman–Crippen LogP) is 3.72. The number of ether oxygens (including phenoxy) is 2. The maximum atomic E-state index is 14.0. The summed E-state index contributed by atoms with van der Waals surface area (Å²) in [5.41, 5.74) is 1.95. The summed E-state index contributed by atoms with van der Waals surface area (Å²) in [7, 11) is 1.51. The first-order valence-electron chi connectivity index (χ1n) is 15.4. The van der Waals surface area contributed by atoms with Crippen molar-refractivity contribution in [3.8, 4) is 11.5 Å². The molecule has 0 spiro atoms. The van der Waals surface area contributed by atoms with Crippen LogP contribution < -0.4 is 14.8 Å². The minimum atomic E-state index is -1.11. The van der Waals surface area contributed by atoms with Crippen molar-refractivity contribution in [1.82, 2.24) is 10.2 Å². The van der Waals surface area contributed by atoms with Crippen LogP contribution in [0.2, 0.25) is 0 Å². The van der Waals surface area contributed by atoms with Gasteiger partial charge in [-0.1, -0.05) is 5.57 Å². The number of halogens is 1. The zero-order valence-electron chi connectivity index (χ0n) is 25.4. The van der Waals surface area contributed by atoms with Crippen molar-refractivity contribution in [2.45, 2.75) is 83.6 Å². The molecule has 5 aliphatic rings. The van der Waals surface area contributed by atoms with Gasteiger partial charge in [0.05, 0.1) is 29.9 Å². The fraction of sp³-hybridized carbons (Fsp3) is 0.636. The SMILES string of the molecule is COc1cc(CO)cc(I)c1O[C@H]1C=C(C(=O)NCCO)C[C@@H](N(CC23CC4CC(CC(C4)C2)C3)C(=O)C=C(C)C)[C@@H]1O. The van der Waals surface area contributed by atoms with Crippen LogP contribution in [0.25, 0.3) is 0 Å². The number of hydrogen-bond acceptors (Lipinski definition) is 7. The van der Waals surface area contributed by atoms with E-state index < -0.39 is 18.2 Å². The van der Waals surface area contributed by atoms with Gasteiger partial charge in [-0.05, 0) is 122 Å². The van der Waals surface area contributed by atoms with Gasteiger partial charge in [0.25, 0.3) is 0 Å². The number of aliphatic hydroxyl groups is 3. The lowest BCUT2D eigenvalue weighted by Gasteiger charge is -2.58. The third-order valence-electron chi connectivity index (χ3n) is 9.71. The number of rotatable bonds is 11. The summed E-state index contributed by atoms with van der Waals surface area (Å²) in [5.74, 6) is 2.38. The Balaban J connectivity index is 1.51. The van der Waals surface area contributed by atoms with Crippen molar-refractivity contribution >= 4 is 34.4 Å². The molecule has 5 aliphatic carbocycles. The molecule has 0 unspecified atom stereocenters. The van der Waals surface area contributed by atoms with E-state index in [9.17, 15) is 24.9 Å². The van der Waals surface area contributed by atoms with E-state index in [0.717, 1.165) is 24.8 Å². The Bertz CT molecular complexity index is 1240. The molecule has 236 valence electrons. The predicted molar refractivity (Wildman–Crippen MR) is 170 cm³/mol. The van der Waals surface area contributed by atoms with Crippen molar-refractivity contribution in [2.24, 2.45) is 23.2 Å². The minimum Gasteiger partial charge on any atom is -0.493 e. The molecule has 4 bridgehead atoms. The van der Waals surface area contributed by atoms with Crippen LogP contribution in [0, 0.1) is 26.7 Å². The molecular formula is C33H45IN2O7. The number of nitrogens with zero attached hydrogens (tertiary/aromatic N) is 1. The van der Waals surface area contributed by atoms with E-state index in [-0.39, 0.29) is 43.4 Å². The fourth-order valence-corrected chi connectivity index (χ4v) is 9.22. The average Bonchev–Trinajstić information content (AvgIpc) is 2.95. The van der Waals surface area contributed by atoms with Gasteiger partial charge in [-0.2, -0.15) is 0 Å². The topological polar surface area (TPSA) is 129 Å². The lowest BCUT2D eigenvalue weighted by molar-refractivity contribution is -0.142. The van der Waals surface area contributed by atoms with Gasteiger partial charge in [-0.15, -0.1) is 0 Å². The number of carbonyl (C=O) groups excluding carboxylic acids is 2. The van der Waals surface area contributed by atoms with Crippen molar-refractivity contribution in [2.75, 3.05) is 26.8 Å². The van der Waals surface area contributed by atoms with Crippen LogP contribution in [-0.4, -0.2) is 77.1 Å². The molecule has 0 aromatic heterocycles. The molecule has 1 aromatic carbocycles. The van der Waals surface area contributed by atoms with Gasteiger partial charge in [0.15, 0.2) is 11.5 Å². The molecule has 43 heavy (non-hydrogen) atoms. The first-order valence-corrected chi connectivity index (χ1v) is 16.5. The summed E-state index contributed by atoms with van der Waals surface area (Å²) in [4.78, 5) is 29.0. The molecule has 4 fully saturated rings. The van der Waals surface area contributed by atoms with Gasteiger partial charge in [-0.25, -0.2) is 0 Å². The van der Waals surface area contributed by atoms with Crippen molar-refractivity contribution in [3.05, 3.63) is 44.6 Å². The second kappa shape index (κ2) is 13.5. The summed E-state index contributed by atoms with van der Waals surface area (Å²) >= 11 is 2.10. The number of carbonyl (C=O) groups is 2. The number of aliphatic hydroxyl groups excluding tert-OH is 3. The average molecular weight is 709 g/mol. The summed E-state index contributed by atoms with van der Waals surface area (Å²) in [6.07, 6.45) is 8.54. The van der Waals surface area contributed by atoms with Gasteiger partial charge in [0.2, 0.25) is 11.8 Å². The first kappa shape index (κ1) is 32.2. The minimum absolute atomic E-state index is 0.0230. The number of allylic oxidation sites excluding steroid dienone is 1. The molecule has 6 rings (SSSR count). The maximum absolute atomic E-state index is 14.0. The van der Waals surface area contributed by atoms with Crippen LogP contribution in [0.15, 0.2) is 35.4 Å². The van der Waals surface area contributed by atoms with Crippen LogP contribution in [0.5, 0.6) is 11.5 Å². The van der Waals surface area contributed by atoms with Crippen molar-refractivity contribution in [1.29, 1.82) is 0 Å². The van der Waals surface area contributed by atoms with Crippen LogP contribution in [-0.2, 0) is 16.2 Å². The summed E-state index contributed by atoms with van der Waals surface area (Å²) < 4.78 is 12.7. The van der Waals surface area contributed by atoms with Gasteiger partial charge < -0.3 is 35.0 Å². The van der Waals surface area contributed by atoms with Crippen LogP contribution in [0.3, 0.4) is 0 Å². The van der Waals surface area contributed by atoms with Crippen molar-refractivity contribution < 1.29 is 34.4 Å². The summed E-state index contributed by atoms with van der Waals surface area (Å²) in [5, 5.41) is 33.7. The lowest BCUT2D eigenvalue weighted by atomic mass is 9.49. The van der Waals surface area contributed by atoms with Gasteiger partial charge in [-0.3, -0.25) is 9.59 Å². The van der Waals surface area contributed by atoms with E-state index in [2.05, 4.69) is 27.9 Å². The van der Waals surface area contributed by atoms with E-state index >= 15 is 0 Å². The standard InChI is InChI=1S/C33H45IN2O7/c1-19(2)6-29(39)36(18-33-14-20-7-21(15-33)9-22(8-20)16-33)26-12-24(32(41)35-4-5-37)13-27(30(26)40)43-31-25(34)10-23(17-38)11-28(31)42-3/h6,10-11,13,20-22,26-27,30,37-38,40H,4-5,7-9,12,14-18H2,1-3H3,(H,35,41)/t20?,21?,22?,26-,27+,30+,33?/m1/s1. The van der Waals surface area contributed by atoms with E-state index in [4.69, 9.17) is 9.47 Å². The highest BCUT2D eigenvalue weighted by Crippen LogP contribution is 2.60. The molecule has 3 atom stereocenters. The first-order chi connectivity index (χ1) is 20.5. The molecule has 0 aliphatic heterocycles. The number of benzene rings is 1. The molecule has 1 aromatic rings. The highest BCUT2D eigenvalue weighted by molar-refractivity contribution is 14.1. The third kappa shape index (κ3) is 7.07. The van der Waals surface area contributed by atoms with E-state index in [0.29, 0.717) is 50.5 Å². The van der Waals surface area contributed by atoms with E-state index in [1.54, 1.807) is 24.3 Å². The fourth-order valence-electron chi connectivity index (χ4n) is 8.43. The molecule has 4 N–H and O–H groups in total.